The maximum atomic E-state index is 5.38. The Morgan fingerprint density at radius 3 is 3.08 bits per heavy atom. The summed E-state index contributed by atoms with van der Waals surface area (Å²) in [5.41, 5.74) is 1.00. The second-order valence-corrected chi connectivity index (χ2v) is 3.96. The Hall–Kier alpha value is -0.520. The van der Waals surface area contributed by atoms with Crippen molar-refractivity contribution < 1.29 is 0 Å². The van der Waals surface area contributed by atoms with Crippen molar-refractivity contribution in [3.63, 3.8) is 0 Å². The molecular formula is C10H9BrS. The molecule has 1 heterocycles. The van der Waals surface area contributed by atoms with Crippen LogP contribution in [0.25, 0.3) is 5.57 Å². The van der Waals surface area contributed by atoms with E-state index in [2.05, 4.69) is 27.9 Å². The summed E-state index contributed by atoms with van der Waals surface area (Å²) < 4.78 is 0. The number of rotatable bonds is 3. The number of alkyl halides is 1. The van der Waals surface area contributed by atoms with Crippen molar-refractivity contribution in [3.05, 3.63) is 28.5 Å². The van der Waals surface area contributed by atoms with Crippen LogP contribution in [0, 0.1) is 12.3 Å². The molecule has 0 N–H and O–H groups in total. The third kappa shape index (κ3) is 2.51. The van der Waals surface area contributed by atoms with E-state index in [1.54, 1.807) is 11.3 Å². The van der Waals surface area contributed by atoms with E-state index < -0.39 is 0 Å². The minimum Gasteiger partial charge on any atom is -0.143 e. The van der Waals surface area contributed by atoms with Crippen LogP contribution in [-0.2, 0) is 0 Å². The highest BCUT2D eigenvalue weighted by Crippen LogP contribution is 2.19. The first kappa shape index (κ1) is 9.57. The zero-order valence-electron chi connectivity index (χ0n) is 6.59. The van der Waals surface area contributed by atoms with Crippen molar-refractivity contribution in [2.75, 3.05) is 5.33 Å². The molecule has 0 saturated carbocycles. The Balaban J connectivity index is 2.78. The molecule has 0 fully saturated rings. The summed E-state index contributed by atoms with van der Waals surface area (Å²) >= 11 is 5.04. The number of halogens is 1. The molecule has 1 aromatic rings. The second-order valence-electron chi connectivity index (χ2n) is 2.22. The molecule has 62 valence electrons. The molecule has 0 unspecified atom stereocenters. The Kier molecular flexibility index (Phi) is 4.13. The highest BCUT2D eigenvalue weighted by Gasteiger charge is 1.96. The molecule has 0 aromatic carbocycles. The molecule has 0 aliphatic rings. The van der Waals surface area contributed by atoms with E-state index in [-0.39, 0.29) is 0 Å². The van der Waals surface area contributed by atoms with Crippen LogP contribution < -0.4 is 0 Å². The molecule has 0 amide bonds. The highest BCUT2D eigenvalue weighted by molar-refractivity contribution is 9.09. The Bertz CT molecular complexity index is 290. The third-order valence-corrected chi connectivity index (χ3v) is 2.76. The predicted molar refractivity (Wildman–Crippen MR) is 59.5 cm³/mol. The molecule has 0 saturated heterocycles. The van der Waals surface area contributed by atoms with Gasteiger partial charge in [-0.05, 0) is 17.9 Å². The largest absolute Gasteiger partial charge is 0.143 e. The number of hydrogen-bond acceptors (Lipinski definition) is 1. The summed E-state index contributed by atoms with van der Waals surface area (Å²) in [5, 5.41) is 3.00. The van der Waals surface area contributed by atoms with E-state index >= 15 is 0 Å². The Morgan fingerprint density at radius 2 is 2.58 bits per heavy atom. The molecule has 0 nitrogen and oxygen atoms in total. The lowest BCUT2D eigenvalue weighted by molar-refractivity contribution is 1.27. The average Bonchev–Trinajstić information content (AvgIpc) is 2.59. The van der Waals surface area contributed by atoms with Crippen molar-refractivity contribution in [2.45, 2.75) is 6.42 Å². The molecule has 0 aliphatic heterocycles. The topological polar surface area (TPSA) is 0 Å². The number of hydrogen-bond donors (Lipinski definition) is 0. The van der Waals surface area contributed by atoms with Crippen molar-refractivity contribution in [1.82, 2.24) is 0 Å². The first-order valence-electron chi connectivity index (χ1n) is 3.65. The van der Waals surface area contributed by atoms with E-state index in [1.807, 2.05) is 17.5 Å². The van der Waals surface area contributed by atoms with Crippen molar-refractivity contribution >= 4 is 32.8 Å². The van der Waals surface area contributed by atoms with Gasteiger partial charge in [0.25, 0.3) is 0 Å². The van der Waals surface area contributed by atoms with Gasteiger partial charge in [-0.2, -0.15) is 0 Å². The van der Waals surface area contributed by atoms with Gasteiger partial charge >= 0.3 is 0 Å². The molecule has 0 spiro atoms. The zero-order valence-corrected chi connectivity index (χ0v) is 8.99. The molecular weight excluding hydrogens is 232 g/mol. The van der Waals surface area contributed by atoms with Crippen LogP contribution in [0.3, 0.4) is 0 Å². The lowest BCUT2D eigenvalue weighted by Crippen LogP contribution is -1.75. The van der Waals surface area contributed by atoms with E-state index in [0.29, 0.717) is 0 Å². The molecule has 1 rings (SSSR count). The molecule has 2 heteroatoms. The summed E-state index contributed by atoms with van der Waals surface area (Å²) in [4.78, 5) is 1.18. The van der Waals surface area contributed by atoms with Crippen LogP contribution >= 0.6 is 27.3 Å². The van der Waals surface area contributed by atoms with E-state index in [4.69, 9.17) is 6.42 Å². The van der Waals surface area contributed by atoms with Gasteiger partial charge in [0.1, 0.15) is 0 Å². The molecule has 0 bridgehead atoms. The van der Waals surface area contributed by atoms with Gasteiger partial charge in [-0.3, -0.25) is 0 Å². The van der Waals surface area contributed by atoms with E-state index in [1.165, 1.54) is 4.88 Å². The fourth-order valence-electron chi connectivity index (χ4n) is 0.861. The molecule has 1 aromatic heterocycles. The van der Waals surface area contributed by atoms with Gasteiger partial charge < -0.3 is 0 Å². The number of thiophene rings is 1. The number of terminal acetylenes is 1. The lowest BCUT2D eigenvalue weighted by atomic mass is 10.2. The monoisotopic (exact) mass is 240 g/mol. The highest BCUT2D eigenvalue weighted by atomic mass is 79.9. The van der Waals surface area contributed by atoms with Crippen molar-refractivity contribution in [2.24, 2.45) is 0 Å². The average molecular weight is 241 g/mol. The molecule has 12 heavy (non-hydrogen) atoms. The first-order valence-corrected chi connectivity index (χ1v) is 5.65. The maximum Gasteiger partial charge on any atom is 0.0423 e. The van der Waals surface area contributed by atoms with Crippen molar-refractivity contribution in [3.8, 4) is 12.3 Å². The SMILES string of the molecule is C#C/C(=C\CCBr)c1cccs1. The normalized spacial score (nSPS) is 11.2. The van der Waals surface area contributed by atoms with Gasteiger partial charge in [-0.25, -0.2) is 0 Å². The Labute approximate surface area is 85.4 Å². The fraction of sp³-hybridized carbons (Fsp3) is 0.200. The second kappa shape index (κ2) is 5.18. The van der Waals surface area contributed by atoms with Crippen LogP contribution in [0.4, 0.5) is 0 Å². The summed E-state index contributed by atoms with van der Waals surface area (Å²) in [6, 6.07) is 4.06. The van der Waals surface area contributed by atoms with Gasteiger partial charge in [-0.15, -0.1) is 17.8 Å². The van der Waals surface area contributed by atoms with Crippen LogP contribution in [0.5, 0.6) is 0 Å². The van der Waals surface area contributed by atoms with Crippen LogP contribution in [0.2, 0.25) is 0 Å². The summed E-state index contributed by atoms with van der Waals surface area (Å²) in [6.07, 6.45) is 8.45. The summed E-state index contributed by atoms with van der Waals surface area (Å²) in [5.74, 6) is 2.69. The van der Waals surface area contributed by atoms with Gasteiger partial charge in [0.15, 0.2) is 0 Å². The third-order valence-electron chi connectivity index (χ3n) is 1.40. The molecule has 0 atom stereocenters. The predicted octanol–water partition coefficient (Wildman–Crippen LogP) is 3.55. The zero-order chi connectivity index (χ0) is 8.81. The number of allylic oxidation sites excluding steroid dienone is 2. The maximum absolute atomic E-state index is 5.38. The van der Waals surface area contributed by atoms with Crippen molar-refractivity contribution in [1.29, 1.82) is 0 Å². The summed E-state index contributed by atoms with van der Waals surface area (Å²) in [6.45, 7) is 0. The van der Waals surface area contributed by atoms with Crippen LogP contribution in [0.1, 0.15) is 11.3 Å². The summed E-state index contributed by atoms with van der Waals surface area (Å²) in [7, 11) is 0. The van der Waals surface area contributed by atoms with E-state index in [9.17, 15) is 0 Å². The van der Waals surface area contributed by atoms with Crippen LogP contribution in [0.15, 0.2) is 23.6 Å². The van der Waals surface area contributed by atoms with Crippen LogP contribution in [-0.4, -0.2) is 5.33 Å². The fourth-order valence-corrected chi connectivity index (χ4v) is 1.82. The quantitative estimate of drug-likeness (QED) is 0.560. The smallest absolute Gasteiger partial charge is 0.0423 e. The minimum absolute atomic E-state index is 0.962. The molecule has 0 radical (unpaired) electrons. The standard InChI is InChI=1S/C10H9BrS/c1-2-9(5-3-7-11)10-6-4-8-12-10/h1,4-6,8H,3,7H2/b9-5+. The minimum atomic E-state index is 0.962. The van der Waals surface area contributed by atoms with Gasteiger partial charge in [0.05, 0.1) is 0 Å². The van der Waals surface area contributed by atoms with Gasteiger partial charge in [0.2, 0.25) is 0 Å². The molecule has 0 aliphatic carbocycles. The van der Waals surface area contributed by atoms with Gasteiger partial charge in [0, 0.05) is 15.8 Å². The Morgan fingerprint density at radius 1 is 1.75 bits per heavy atom. The first-order chi connectivity index (χ1) is 5.88. The lowest BCUT2D eigenvalue weighted by Gasteiger charge is -1.93. The van der Waals surface area contributed by atoms with Gasteiger partial charge in [-0.1, -0.05) is 34.0 Å². The van der Waals surface area contributed by atoms with E-state index in [0.717, 1.165) is 17.3 Å².